The average Bonchev–Trinajstić information content (AvgIpc) is 3.15. The Morgan fingerprint density at radius 3 is 2.57 bits per heavy atom. The molecule has 0 fully saturated rings. The van der Waals surface area contributed by atoms with E-state index in [1.54, 1.807) is 17.4 Å². The van der Waals surface area contributed by atoms with Crippen molar-refractivity contribution in [2.24, 2.45) is 5.73 Å². The zero-order valence-electron chi connectivity index (χ0n) is 16.8. The van der Waals surface area contributed by atoms with Gasteiger partial charge in [0.2, 0.25) is 0 Å². The van der Waals surface area contributed by atoms with Gasteiger partial charge in [-0.2, -0.15) is 0 Å². The van der Waals surface area contributed by atoms with Crippen LogP contribution in [0.15, 0.2) is 60.0 Å². The van der Waals surface area contributed by atoms with Gasteiger partial charge in [-0.05, 0) is 43.7 Å². The van der Waals surface area contributed by atoms with Crippen LogP contribution in [-0.4, -0.2) is 28.9 Å². The van der Waals surface area contributed by atoms with Crippen molar-refractivity contribution in [3.63, 3.8) is 0 Å². The number of aryl methyl sites for hydroxylation is 1. The highest BCUT2D eigenvalue weighted by Gasteiger charge is 2.16. The maximum absolute atomic E-state index is 13.1. The highest BCUT2D eigenvalue weighted by Crippen LogP contribution is 2.18. The first-order chi connectivity index (χ1) is 13.7. The van der Waals surface area contributed by atoms with E-state index in [-0.39, 0.29) is 30.7 Å². The molecule has 3 rings (SSSR count). The molecule has 0 bridgehead atoms. The van der Waals surface area contributed by atoms with E-state index in [9.17, 15) is 4.79 Å². The second-order valence-electron chi connectivity index (χ2n) is 6.53. The van der Waals surface area contributed by atoms with E-state index in [0.29, 0.717) is 37.6 Å². The monoisotopic (exact) mass is 467 g/mol. The van der Waals surface area contributed by atoms with Gasteiger partial charge >= 0.3 is 0 Å². The Morgan fingerprint density at radius 1 is 1.13 bits per heavy atom. The third-order valence-electron chi connectivity index (χ3n) is 4.27. The molecule has 0 unspecified atom stereocenters. The average molecular weight is 468 g/mol. The number of carbonyl (C=O) groups is 1. The van der Waals surface area contributed by atoms with Crippen LogP contribution in [-0.2, 0) is 13.2 Å². The lowest BCUT2D eigenvalue weighted by atomic mass is 10.1. The van der Waals surface area contributed by atoms with E-state index in [1.165, 1.54) is 0 Å². The van der Waals surface area contributed by atoms with Crippen LogP contribution in [0.5, 0.6) is 5.75 Å². The second-order valence-corrected chi connectivity index (χ2v) is 7.59. The van der Waals surface area contributed by atoms with E-state index < -0.39 is 0 Å². The molecule has 1 heterocycles. The molecule has 2 aromatic carbocycles. The predicted octanol–water partition coefficient (Wildman–Crippen LogP) is 4.87. The smallest absolute Gasteiger partial charge is 0.254 e. The third-order valence-corrected chi connectivity index (χ3v) is 5.09. The summed E-state index contributed by atoms with van der Waals surface area (Å²) in [5.74, 6) is 0.641. The number of thiazole rings is 1. The number of nitrogens with zero attached hydrogens (tertiary/aromatic N) is 2. The SMILES string of the molecule is Cc1nc(COc2cccc(C(=O)N(CCCN)Cc3ccccc3)c2)cs1.Cl.Cl. The van der Waals surface area contributed by atoms with Gasteiger partial charge in [-0.25, -0.2) is 4.98 Å². The lowest BCUT2D eigenvalue weighted by molar-refractivity contribution is 0.0741. The molecule has 1 amide bonds. The molecule has 0 atom stereocenters. The van der Waals surface area contributed by atoms with E-state index in [1.807, 2.05) is 65.7 Å². The van der Waals surface area contributed by atoms with E-state index >= 15 is 0 Å². The van der Waals surface area contributed by atoms with Crippen molar-refractivity contribution in [3.8, 4) is 5.75 Å². The summed E-state index contributed by atoms with van der Waals surface area (Å²) >= 11 is 1.60. The summed E-state index contributed by atoms with van der Waals surface area (Å²) in [5, 5.41) is 3.00. The normalized spacial score (nSPS) is 9.93. The fraction of sp³-hybridized carbons (Fsp3) is 0.273. The molecular formula is C22H27Cl2N3O2S. The number of hydrogen-bond acceptors (Lipinski definition) is 5. The number of rotatable bonds is 9. The first-order valence-electron chi connectivity index (χ1n) is 9.33. The van der Waals surface area contributed by atoms with Crippen LogP contribution in [0, 0.1) is 6.92 Å². The van der Waals surface area contributed by atoms with E-state index in [4.69, 9.17) is 10.5 Å². The quantitative estimate of drug-likeness (QED) is 0.487. The zero-order valence-corrected chi connectivity index (χ0v) is 19.3. The third kappa shape index (κ3) is 7.61. The van der Waals surface area contributed by atoms with Crippen LogP contribution >= 0.6 is 36.2 Å². The molecule has 8 heteroatoms. The molecule has 0 saturated carbocycles. The lowest BCUT2D eigenvalue weighted by Gasteiger charge is -2.23. The highest BCUT2D eigenvalue weighted by atomic mass is 35.5. The van der Waals surface area contributed by atoms with Crippen LogP contribution in [0.25, 0.3) is 0 Å². The van der Waals surface area contributed by atoms with Gasteiger partial charge in [0.15, 0.2) is 0 Å². The van der Waals surface area contributed by atoms with Crippen LogP contribution in [0.2, 0.25) is 0 Å². The number of benzene rings is 2. The summed E-state index contributed by atoms with van der Waals surface area (Å²) in [6.45, 7) is 4.09. The summed E-state index contributed by atoms with van der Waals surface area (Å²) < 4.78 is 5.83. The minimum Gasteiger partial charge on any atom is -0.487 e. The maximum atomic E-state index is 13.1. The summed E-state index contributed by atoms with van der Waals surface area (Å²) in [7, 11) is 0. The Bertz CT molecular complexity index is 906. The molecule has 1 aromatic heterocycles. The van der Waals surface area contributed by atoms with Gasteiger partial charge in [0.1, 0.15) is 12.4 Å². The molecule has 30 heavy (non-hydrogen) atoms. The largest absolute Gasteiger partial charge is 0.487 e. The summed E-state index contributed by atoms with van der Waals surface area (Å²) in [5.41, 5.74) is 8.27. The Hall–Kier alpha value is -2.12. The van der Waals surface area contributed by atoms with Crippen molar-refractivity contribution < 1.29 is 9.53 Å². The molecule has 0 saturated heterocycles. The minimum atomic E-state index is -0.0211. The Balaban J connectivity index is 0.00000225. The number of carbonyl (C=O) groups excluding carboxylic acids is 1. The van der Waals surface area contributed by atoms with Gasteiger partial charge in [-0.1, -0.05) is 36.4 Å². The molecule has 162 valence electrons. The van der Waals surface area contributed by atoms with Crippen molar-refractivity contribution in [1.29, 1.82) is 0 Å². The Morgan fingerprint density at radius 2 is 1.90 bits per heavy atom. The minimum absolute atomic E-state index is 0. The lowest BCUT2D eigenvalue weighted by Crippen LogP contribution is -2.32. The van der Waals surface area contributed by atoms with Gasteiger partial charge in [-0.15, -0.1) is 36.2 Å². The fourth-order valence-electron chi connectivity index (χ4n) is 2.87. The first-order valence-corrected chi connectivity index (χ1v) is 10.2. The number of ether oxygens (including phenoxy) is 1. The topological polar surface area (TPSA) is 68.5 Å². The van der Waals surface area contributed by atoms with Gasteiger partial charge in [0.05, 0.1) is 10.7 Å². The Kier molecular flexibility index (Phi) is 11.4. The summed E-state index contributed by atoms with van der Waals surface area (Å²) in [4.78, 5) is 19.3. The highest BCUT2D eigenvalue weighted by molar-refractivity contribution is 7.09. The fourth-order valence-corrected chi connectivity index (χ4v) is 3.47. The van der Waals surface area contributed by atoms with Crippen LogP contribution in [0.4, 0.5) is 0 Å². The van der Waals surface area contributed by atoms with Crippen LogP contribution in [0.3, 0.4) is 0 Å². The van der Waals surface area contributed by atoms with Gasteiger partial charge in [-0.3, -0.25) is 4.79 Å². The molecule has 0 aliphatic carbocycles. The molecule has 5 nitrogen and oxygen atoms in total. The maximum Gasteiger partial charge on any atom is 0.254 e. The van der Waals surface area contributed by atoms with Crippen molar-refractivity contribution in [1.82, 2.24) is 9.88 Å². The molecule has 0 spiro atoms. The molecular weight excluding hydrogens is 441 g/mol. The predicted molar refractivity (Wildman–Crippen MR) is 127 cm³/mol. The molecule has 2 N–H and O–H groups in total. The van der Waals surface area contributed by atoms with Crippen molar-refractivity contribution in [2.75, 3.05) is 13.1 Å². The zero-order chi connectivity index (χ0) is 19.8. The number of aromatic nitrogens is 1. The van der Waals surface area contributed by atoms with Gasteiger partial charge in [0.25, 0.3) is 5.91 Å². The van der Waals surface area contributed by atoms with Crippen LogP contribution in [0.1, 0.15) is 33.0 Å². The standard InChI is InChI=1S/C22H25N3O2S.2ClH/c1-17-24-20(16-28-17)15-27-21-10-5-9-19(13-21)22(26)25(12-6-11-23)14-18-7-3-2-4-8-18;;/h2-5,7-10,13,16H,6,11-12,14-15,23H2,1H3;2*1H. The van der Waals surface area contributed by atoms with Gasteiger partial charge < -0.3 is 15.4 Å². The molecule has 0 radical (unpaired) electrons. The van der Waals surface area contributed by atoms with Crippen LogP contribution < -0.4 is 10.5 Å². The first kappa shape index (κ1) is 25.9. The number of hydrogen-bond donors (Lipinski definition) is 1. The Labute approximate surface area is 194 Å². The second kappa shape index (κ2) is 13.2. The molecule has 0 aliphatic rings. The van der Waals surface area contributed by atoms with Crippen molar-refractivity contribution in [3.05, 3.63) is 81.8 Å². The molecule has 3 aromatic rings. The van der Waals surface area contributed by atoms with Crippen molar-refractivity contribution in [2.45, 2.75) is 26.5 Å². The summed E-state index contributed by atoms with van der Waals surface area (Å²) in [6.07, 6.45) is 0.762. The van der Waals surface area contributed by atoms with E-state index in [2.05, 4.69) is 4.98 Å². The van der Waals surface area contributed by atoms with E-state index in [0.717, 1.165) is 22.7 Å². The van der Waals surface area contributed by atoms with Crippen molar-refractivity contribution >= 4 is 42.1 Å². The number of amides is 1. The number of halogens is 2. The molecule has 0 aliphatic heterocycles. The number of nitrogens with two attached hydrogens (primary N) is 1. The summed E-state index contributed by atoms with van der Waals surface area (Å²) in [6, 6.07) is 17.3. The van der Waals surface area contributed by atoms with Gasteiger partial charge in [0, 0.05) is 24.0 Å².